The Morgan fingerprint density at radius 2 is 1.64 bits per heavy atom. The number of aryl methyl sites for hydroxylation is 1. The molecule has 0 heterocycles. The molecule has 0 saturated heterocycles. The summed E-state index contributed by atoms with van der Waals surface area (Å²) in [6, 6.07) is 8.87. The van der Waals surface area contributed by atoms with Crippen molar-refractivity contribution in [3.05, 3.63) is 35.4 Å². The minimum atomic E-state index is 0. The zero-order valence-electron chi connectivity index (χ0n) is 8.42. The van der Waals surface area contributed by atoms with E-state index in [1.807, 2.05) is 0 Å². The second-order valence-corrected chi connectivity index (χ2v) is 4.19. The van der Waals surface area contributed by atoms with Gasteiger partial charge in [-0.15, -0.1) is 0 Å². The quantitative estimate of drug-likeness (QED) is 0.603. The first kappa shape index (κ1) is 11.3. The first-order valence-electron chi connectivity index (χ1n) is 5.43. The van der Waals surface area contributed by atoms with Gasteiger partial charge >= 0.3 is 0 Å². The van der Waals surface area contributed by atoms with E-state index in [0.29, 0.717) is 0 Å². The van der Waals surface area contributed by atoms with Gasteiger partial charge < -0.3 is 0 Å². The van der Waals surface area contributed by atoms with Gasteiger partial charge in [0, 0.05) is 0 Å². The Hall–Kier alpha value is -0.780. The van der Waals surface area contributed by atoms with Gasteiger partial charge in [-0.3, -0.25) is 0 Å². The van der Waals surface area contributed by atoms with Crippen LogP contribution in [0.4, 0.5) is 0 Å². The third-order valence-electron chi connectivity index (χ3n) is 3.23. The first-order chi connectivity index (χ1) is 6.38. The highest BCUT2D eigenvalue weighted by atomic mass is 14.2. The average molecular weight is 190 g/mol. The van der Waals surface area contributed by atoms with Gasteiger partial charge in [0.25, 0.3) is 0 Å². The van der Waals surface area contributed by atoms with Crippen LogP contribution in [-0.2, 0) is 0 Å². The maximum absolute atomic E-state index is 2.31. The summed E-state index contributed by atoms with van der Waals surface area (Å²) in [6.45, 7) is 2.24. The summed E-state index contributed by atoms with van der Waals surface area (Å²) in [7, 11) is 0. The summed E-state index contributed by atoms with van der Waals surface area (Å²) in [4.78, 5) is 0. The molecule has 0 aromatic heterocycles. The van der Waals surface area contributed by atoms with Gasteiger partial charge in [0.2, 0.25) is 0 Å². The number of hydrogen-bond acceptors (Lipinski definition) is 0. The van der Waals surface area contributed by atoms with E-state index in [-0.39, 0.29) is 7.43 Å². The Labute approximate surface area is 88.4 Å². The highest BCUT2D eigenvalue weighted by Crippen LogP contribution is 2.33. The van der Waals surface area contributed by atoms with E-state index in [1.54, 1.807) is 5.56 Å². The Morgan fingerprint density at radius 1 is 1.00 bits per heavy atom. The molecule has 0 N–H and O–H groups in total. The smallest absolute Gasteiger partial charge is 0.0159 e. The highest BCUT2D eigenvalue weighted by Gasteiger charge is 2.16. The SMILES string of the molecule is C.Cc1ccccc1C1CCCCC1. The third kappa shape index (κ3) is 2.37. The van der Waals surface area contributed by atoms with Gasteiger partial charge in [0.15, 0.2) is 0 Å². The number of rotatable bonds is 1. The summed E-state index contributed by atoms with van der Waals surface area (Å²) in [6.07, 6.45) is 7.12. The summed E-state index contributed by atoms with van der Waals surface area (Å²) in [5, 5.41) is 0. The molecule has 0 radical (unpaired) electrons. The van der Waals surface area contributed by atoms with Crippen LogP contribution in [0.3, 0.4) is 0 Å². The molecule has 0 amide bonds. The van der Waals surface area contributed by atoms with Gasteiger partial charge in [-0.25, -0.2) is 0 Å². The predicted octanol–water partition coefficient (Wildman–Crippen LogP) is 4.68. The second-order valence-electron chi connectivity index (χ2n) is 4.19. The normalized spacial score (nSPS) is 17.5. The Balaban J connectivity index is 0.000000980. The van der Waals surface area contributed by atoms with Crippen LogP contribution in [0.15, 0.2) is 24.3 Å². The molecule has 0 unspecified atom stereocenters. The van der Waals surface area contributed by atoms with E-state index in [1.165, 1.54) is 37.7 Å². The fraction of sp³-hybridized carbons (Fsp3) is 0.571. The molecule has 1 aliphatic rings. The van der Waals surface area contributed by atoms with E-state index in [4.69, 9.17) is 0 Å². The maximum Gasteiger partial charge on any atom is -0.0159 e. The highest BCUT2D eigenvalue weighted by molar-refractivity contribution is 5.29. The van der Waals surface area contributed by atoms with Crippen LogP contribution in [-0.4, -0.2) is 0 Å². The lowest BCUT2D eigenvalue weighted by Crippen LogP contribution is -2.05. The predicted molar refractivity (Wildman–Crippen MR) is 63.7 cm³/mol. The van der Waals surface area contributed by atoms with Gasteiger partial charge in [-0.2, -0.15) is 0 Å². The average Bonchev–Trinajstić information content (AvgIpc) is 2.20. The van der Waals surface area contributed by atoms with Gasteiger partial charge in [-0.05, 0) is 36.8 Å². The van der Waals surface area contributed by atoms with Crippen molar-refractivity contribution >= 4 is 0 Å². The Bertz CT molecular complexity index is 269. The van der Waals surface area contributed by atoms with Crippen molar-refractivity contribution in [2.24, 2.45) is 0 Å². The number of benzene rings is 1. The molecule has 1 aliphatic carbocycles. The molecular formula is C14H22. The van der Waals surface area contributed by atoms with Crippen LogP contribution in [0, 0.1) is 6.92 Å². The monoisotopic (exact) mass is 190 g/mol. The van der Waals surface area contributed by atoms with Gasteiger partial charge in [-0.1, -0.05) is 51.0 Å². The van der Waals surface area contributed by atoms with E-state index in [2.05, 4.69) is 31.2 Å². The molecule has 0 aliphatic heterocycles. The van der Waals surface area contributed by atoms with Crippen LogP contribution >= 0.6 is 0 Å². The lowest BCUT2D eigenvalue weighted by atomic mass is 9.82. The summed E-state index contributed by atoms with van der Waals surface area (Å²) >= 11 is 0. The van der Waals surface area contributed by atoms with E-state index < -0.39 is 0 Å². The van der Waals surface area contributed by atoms with Crippen molar-refractivity contribution in [1.82, 2.24) is 0 Å². The van der Waals surface area contributed by atoms with Crippen molar-refractivity contribution in [2.45, 2.75) is 52.4 Å². The van der Waals surface area contributed by atoms with E-state index >= 15 is 0 Å². The molecule has 0 heteroatoms. The molecule has 2 rings (SSSR count). The third-order valence-corrected chi connectivity index (χ3v) is 3.23. The van der Waals surface area contributed by atoms with Crippen molar-refractivity contribution < 1.29 is 0 Å². The van der Waals surface area contributed by atoms with Gasteiger partial charge in [0.1, 0.15) is 0 Å². The topological polar surface area (TPSA) is 0 Å². The fourth-order valence-corrected chi connectivity index (χ4v) is 2.46. The lowest BCUT2D eigenvalue weighted by Gasteiger charge is -2.23. The standard InChI is InChI=1S/C13H18.CH4/c1-11-7-5-6-10-13(11)12-8-3-2-4-9-12;/h5-7,10,12H,2-4,8-9H2,1H3;1H4. The molecule has 1 saturated carbocycles. The largest absolute Gasteiger partial charge is 0.0776 e. The van der Waals surface area contributed by atoms with Crippen LogP contribution in [0.1, 0.15) is 56.6 Å². The molecule has 0 spiro atoms. The molecule has 1 aromatic rings. The van der Waals surface area contributed by atoms with Crippen LogP contribution in [0.2, 0.25) is 0 Å². The van der Waals surface area contributed by atoms with Crippen LogP contribution in [0.5, 0.6) is 0 Å². The maximum atomic E-state index is 2.31. The summed E-state index contributed by atoms with van der Waals surface area (Å²) < 4.78 is 0. The van der Waals surface area contributed by atoms with Gasteiger partial charge in [0.05, 0.1) is 0 Å². The van der Waals surface area contributed by atoms with Crippen molar-refractivity contribution in [3.8, 4) is 0 Å². The molecule has 0 nitrogen and oxygen atoms in total. The molecule has 0 atom stereocenters. The van der Waals surface area contributed by atoms with Crippen LogP contribution < -0.4 is 0 Å². The van der Waals surface area contributed by atoms with Crippen molar-refractivity contribution in [2.75, 3.05) is 0 Å². The van der Waals surface area contributed by atoms with E-state index in [9.17, 15) is 0 Å². The molecule has 1 aromatic carbocycles. The minimum absolute atomic E-state index is 0. The molecule has 14 heavy (non-hydrogen) atoms. The zero-order chi connectivity index (χ0) is 9.10. The Kier molecular flexibility index (Phi) is 4.19. The van der Waals surface area contributed by atoms with Crippen molar-refractivity contribution in [1.29, 1.82) is 0 Å². The number of hydrogen-bond donors (Lipinski definition) is 0. The Morgan fingerprint density at radius 3 is 2.29 bits per heavy atom. The molecule has 0 bridgehead atoms. The molecule has 78 valence electrons. The zero-order valence-corrected chi connectivity index (χ0v) is 8.42. The van der Waals surface area contributed by atoms with Crippen LogP contribution in [0.25, 0.3) is 0 Å². The fourth-order valence-electron chi connectivity index (χ4n) is 2.46. The second kappa shape index (κ2) is 5.19. The first-order valence-corrected chi connectivity index (χ1v) is 5.43. The summed E-state index contributed by atoms with van der Waals surface area (Å²) in [5.74, 6) is 0.856. The van der Waals surface area contributed by atoms with E-state index in [0.717, 1.165) is 5.92 Å². The summed E-state index contributed by atoms with van der Waals surface area (Å²) in [5.41, 5.74) is 3.08. The molecular weight excluding hydrogens is 168 g/mol. The lowest BCUT2D eigenvalue weighted by molar-refractivity contribution is 0.442. The van der Waals surface area contributed by atoms with Crippen molar-refractivity contribution in [3.63, 3.8) is 0 Å². The molecule has 1 fully saturated rings. The minimum Gasteiger partial charge on any atom is -0.0776 e.